The molecule has 0 saturated carbocycles. The molecule has 2 bridgehead atoms. The van der Waals surface area contributed by atoms with E-state index in [0.717, 1.165) is 59.8 Å². The van der Waals surface area contributed by atoms with Crippen molar-refractivity contribution in [3.8, 4) is 5.75 Å². The van der Waals surface area contributed by atoms with Crippen LogP contribution in [0, 0.1) is 11.8 Å². The van der Waals surface area contributed by atoms with Crippen molar-refractivity contribution in [1.82, 2.24) is 9.88 Å². The van der Waals surface area contributed by atoms with E-state index in [9.17, 15) is 4.79 Å². The Kier molecular flexibility index (Phi) is 5.85. The van der Waals surface area contributed by atoms with Crippen molar-refractivity contribution < 1.29 is 14.3 Å². The van der Waals surface area contributed by atoms with Crippen molar-refractivity contribution in [2.24, 2.45) is 11.8 Å². The Balaban J connectivity index is 1.39. The van der Waals surface area contributed by atoms with Gasteiger partial charge in [0, 0.05) is 30.2 Å². The minimum absolute atomic E-state index is 0.162. The minimum atomic E-state index is -0.367. The van der Waals surface area contributed by atoms with E-state index >= 15 is 0 Å². The summed E-state index contributed by atoms with van der Waals surface area (Å²) in [6.45, 7) is 5.11. The number of fused-ring (bicyclic) bond motifs is 5. The molecule has 5 heterocycles. The quantitative estimate of drug-likeness (QED) is 0.485. The summed E-state index contributed by atoms with van der Waals surface area (Å²) in [7, 11) is 1.68. The van der Waals surface area contributed by atoms with E-state index in [1.807, 2.05) is 48.7 Å². The van der Waals surface area contributed by atoms with Crippen LogP contribution in [0.25, 0.3) is 10.9 Å². The molecule has 0 radical (unpaired) electrons. The lowest BCUT2D eigenvalue weighted by Crippen LogP contribution is -2.56. The van der Waals surface area contributed by atoms with Crippen LogP contribution in [0.2, 0.25) is 0 Å². The van der Waals surface area contributed by atoms with Gasteiger partial charge in [0.05, 0.1) is 24.4 Å². The molecule has 5 atom stereocenters. The fourth-order valence-electron chi connectivity index (χ4n) is 6.53. The zero-order valence-corrected chi connectivity index (χ0v) is 20.5. The van der Waals surface area contributed by atoms with Gasteiger partial charge in [0.25, 0.3) is 0 Å². The highest BCUT2D eigenvalue weighted by Crippen LogP contribution is 2.44. The van der Waals surface area contributed by atoms with E-state index in [-0.39, 0.29) is 18.2 Å². The zero-order chi connectivity index (χ0) is 23.9. The van der Waals surface area contributed by atoms with Crippen molar-refractivity contribution in [2.45, 2.75) is 44.8 Å². The third kappa shape index (κ3) is 3.94. The predicted molar refractivity (Wildman–Crippen MR) is 137 cm³/mol. The van der Waals surface area contributed by atoms with E-state index in [0.29, 0.717) is 12.5 Å². The zero-order valence-electron chi connectivity index (χ0n) is 20.5. The number of carbonyl (C=O) groups excluding carboxylic acids is 1. The Morgan fingerprint density at radius 2 is 2.06 bits per heavy atom. The van der Waals surface area contributed by atoms with Gasteiger partial charge in [-0.3, -0.25) is 14.8 Å². The molecule has 3 fully saturated rings. The molecule has 0 N–H and O–H groups in total. The lowest BCUT2D eigenvalue weighted by atomic mass is 9.72. The van der Waals surface area contributed by atoms with Crippen LogP contribution < -0.4 is 9.64 Å². The number of nitrogens with zero attached hydrogens (tertiary/aromatic N) is 3. The molecule has 2 aromatic carbocycles. The van der Waals surface area contributed by atoms with E-state index < -0.39 is 0 Å². The summed E-state index contributed by atoms with van der Waals surface area (Å²) in [5.41, 5.74) is 4.07. The molecule has 6 nitrogen and oxygen atoms in total. The van der Waals surface area contributed by atoms with E-state index in [2.05, 4.69) is 22.9 Å². The summed E-state index contributed by atoms with van der Waals surface area (Å²) in [6.07, 6.45) is 5.57. The number of hydrogen-bond acceptors (Lipinski definition) is 5. The second-order valence-corrected chi connectivity index (χ2v) is 10.1. The van der Waals surface area contributed by atoms with Crippen LogP contribution in [-0.2, 0) is 11.2 Å². The second-order valence-electron chi connectivity index (χ2n) is 10.1. The van der Waals surface area contributed by atoms with Gasteiger partial charge in [-0.05, 0) is 73.5 Å². The Bertz CT molecular complexity index is 1240. The van der Waals surface area contributed by atoms with Crippen LogP contribution in [0.1, 0.15) is 43.4 Å². The van der Waals surface area contributed by atoms with Crippen molar-refractivity contribution in [3.05, 3.63) is 65.9 Å². The molecule has 1 amide bonds. The van der Waals surface area contributed by atoms with Crippen LogP contribution in [0.15, 0.2) is 54.7 Å². The van der Waals surface area contributed by atoms with Gasteiger partial charge >= 0.3 is 6.09 Å². The van der Waals surface area contributed by atoms with E-state index in [1.165, 1.54) is 18.4 Å². The molecule has 0 spiro atoms. The molecule has 0 aliphatic carbocycles. The molecule has 3 saturated heterocycles. The average Bonchev–Trinajstić information content (AvgIpc) is 3.35. The van der Waals surface area contributed by atoms with Gasteiger partial charge in [0.2, 0.25) is 0 Å². The number of carbonyl (C=O) groups is 1. The number of pyridine rings is 1. The summed E-state index contributed by atoms with van der Waals surface area (Å²) in [5, 5.41) is 0.987. The molecule has 3 aromatic rings. The largest absolute Gasteiger partial charge is 0.497 e. The normalized spacial score (nSPS) is 25.9. The smallest absolute Gasteiger partial charge is 0.414 e. The van der Waals surface area contributed by atoms with Gasteiger partial charge in [0.15, 0.2) is 0 Å². The fourth-order valence-corrected chi connectivity index (χ4v) is 6.53. The third-order valence-corrected chi connectivity index (χ3v) is 8.43. The Morgan fingerprint density at radius 1 is 1.17 bits per heavy atom. The van der Waals surface area contributed by atoms with Crippen LogP contribution in [-0.4, -0.2) is 48.8 Å². The SMILES string of the molecule is CC[C@@H]1CN2CC[C@H]1C[C@@H]2[C@@H](OC(=O)N1CCc2ccccc21)c1ccnc2ccc(OC)cc12. The molecule has 4 aliphatic heterocycles. The lowest BCUT2D eigenvalue weighted by molar-refractivity contribution is -0.0593. The van der Waals surface area contributed by atoms with Crippen molar-refractivity contribution in [1.29, 1.82) is 0 Å². The topological polar surface area (TPSA) is 54.9 Å². The highest BCUT2D eigenvalue weighted by molar-refractivity contribution is 5.91. The third-order valence-electron chi connectivity index (χ3n) is 8.43. The maximum absolute atomic E-state index is 13.7. The van der Waals surface area contributed by atoms with Crippen molar-refractivity contribution in [3.63, 3.8) is 0 Å². The Labute approximate surface area is 206 Å². The highest BCUT2D eigenvalue weighted by atomic mass is 16.6. The van der Waals surface area contributed by atoms with E-state index in [1.54, 1.807) is 12.0 Å². The molecule has 4 aliphatic rings. The number of rotatable bonds is 5. The number of aromatic nitrogens is 1. The molecular weight excluding hydrogens is 438 g/mol. The summed E-state index contributed by atoms with van der Waals surface area (Å²) >= 11 is 0. The summed E-state index contributed by atoms with van der Waals surface area (Å²) in [5.74, 6) is 2.20. The number of benzene rings is 2. The van der Waals surface area contributed by atoms with Crippen LogP contribution in [0.5, 0.6) is 5.75 Å². The van der Waals surface area contributed by atoms with Gasteiger partial charge in [-0.2, -0.15) is 0 Å². The first-order chi connectivity index (χ1) is 17.2. The minimum Gasteiger partial charge on any atom is -0.497 e. The molecule has 1 aromatic heterocycles. The molecule has 35 heavy (non-hydrogen) atoms. The monoisotopic (exact) mass is 471 g/mol. The molecule has 182 valence electrons. The van der Waals surface area contributed by atoms with Crippen molar-refractivity contribution in [2.75, 3.05) is 31.6 Å². The van der Waals surface area contributed by atoms with Crippen LogP contribution >= 0.6 is 0 Å². The van der Waals surface area contributed by atoms with Crippen LogP contribution in [0.4, 0.5) is 10.5 Å². The summed E-state index contributed by atoms with van der Waals surface area (Å²) in [4.78, 5) is 22.6. The fraction of sp³-hybridized carbons (Fsp3) is 0.448. The standard InChI is InChI=1S/C29H33N3O3/c1-3-19-18-31-14-11-21(19)16-27(31)28(23-10-13-30-25-9-8-22(34-2)17-24(23)25)35-29(33)32-15-12-20-6-4-5-7-26(20)32/h4-10,13,17,19,21,27-28H,3,11-12,14-16,18H2,1-2H3/t19-,21+,27-,28+/m1/s1. The van der Waals surface area contributed by atoms with Crippen LogP contribution in [0.3, 0.4) is 0 Å². The predicted octanol–water partition coefficient (Wildman–Crippen LogP) is 5.60. The van der Waals surface area contributed by atoms with Gasteiger partial charge in [0.1, 0.15) is 11.9 Å². The molecule has 1 unspecified atom stereocenters. The summed E-state index contributed by atoms with van der Waals surface area (Å²) < 4.78 is 12.0. The number of hydrogen-bond donors (Lipinski definition) is 0. The Morgan fingerprint density at radius 3 is 2.86 bits per heavy atom. The number of amides is 1. The number of piperidine rings is 3. The maximum atomic E-state index is 13.7. The van der Waals surface area contributed by atoms with Gasteiger partial charge < -0.3 is 9.47 Å². The maximum Gasteiger partial charge on any atom is 0.414 e. The van der Waals surface area contributed by atoms with E-state index in [4.69, 9.17) is 9.47 Å². The first-order valence-electron chi connectivity index (χ1n) is 12.9. The van der Waals surface area contributed by atoms with Gasteiger partial charge in [-0.1, -0.05) is 31.5 Å². The highest BCUT2D eigenvalue weighted by Gasteiger charge is 2.45. The number of para-hydroxylation sites is 1. The first-order valence-corrected chi connectivity index (χ1v) is 12.9. The molecule has 6 heteroatoms. The average molecular weight is 472 g/mol. The first kappa shape index (κ1) is 22.4. The lowest BCUT2D eigenvalue weighted by Gasteiger charge is -2.51. The number of methoxy groups -OCH3 is 1. The molecular formula is C29H33N3O3. The summed E-state index contributed by atoms with van der Waals surface area (Å²) in [6, 6.07) is 16.3. The van der Waals surface area contributed by atoms with Crippen molar-refractivity contribution >= 4 is 22.7 Å². The Hall–Kier alpha value is -3.12. The number of anilines is 1. The van der Waals surface area contributed by atoms with Gasteiger partial charge in [-0.15, -0.1) is 0 Å². The molecule has 7 rings (SSSR count). The second kappa shape index (κ2) is 9.15. The number of ether oxygens (including phenoxy) is 2. The van der Waals surface area contributed by atoms with Gasteiger partial charge in [-0.25, -0.2) is 4.79 Å².